The number of fused-ring (bicyclic) bond motifs is 1. The van der Waals surface area contributed by atoms with E-state index in [1.54, 1.807) is 42.6 Å². The van der Waals surface area contributed by atoms with Crippen LogP contribution in [-0.2, 0) is 6.54 Å². The fourth-order valence-electron chi connectivity index (χ4n) is 4.04. The predicted molar refractivity (Wildman–Crippen MR) is 135 cm³/mol. The third kappa shape index (κ3) is 4.42. The third-order valence-electron chi connectivity index (χ3n) is 5.77. The molecule has 0 spiro atoms. The molecule has 0 bridgehead atoms. The molecule has 172 valence electrons. The summed E-state index contributed by atoms with van der Waals surface area (Å²) in [7, 11) is 0. The fraction of sp³-hybridized carbons (Fsp3) is 0.160. The van der Waals surface area contributed by atoms with Crippen LogP contribution in [0, 0.1) is 0 Å². The molecular weight excluding hydrogens is 495 g/mol. The number of halogens is 3. The van der Waals surface area contributed by atoms with Gasteiger partial charge in [-0.1, -0.05) is 65.1 Å². The van der Waals surface area contributed by atoms with Gasteiger partial charge in [0.05, 0.1) is 18.8 Å². The highest BCUT2D eigenvalue weighted by Gasteiger charge is 2.22. The van der Waals surface area contributed by atoms with Gasteiger partial charge in [0.25, 0.3) is 0 Å². The van der Waals surface area contributed by atoms with E-state index < -0.39 is 11.8 Å². The summed E-state index contributed by atoms with van der Waals surface area (Å²) in [5.41, 5.74) is 4.06. The van der Waals surface area contributed by atoms with Crippen molar-refractivity contribution in [3.63, 3.8) is 0 Å². The number of nitrogens with zero attached hydrogens (tertiary/aromatic N) is 4. The van der Waals surface area contributed by atoms with Gasteiger partial charge < -0.3 is 5.11 Å². The van der Waals surface area contributed by atoms with Crippen molar-refractivity contribution in [1.29, 1.82) is 0 Å². The molecule has 0 saturated heterocycles. The standard InChI is InChI=1S/C25H19Cl3N4O2/c26-18-8-4-15(5-9-18)21-13-29-32-24(23(21)16-6-10-19(27)11-7-16)30-31(25(32)34)14-22(33)17-2-1-3-20(28)12-17/h1-4,6-8,10-13,22,33H,5,9,14H2/t22-/m0/s1. The second-order valence-corrected chi connectivity index (χ2v) is 9.37. The van der Waals surface area contributed by atoms with Crippen LogP contribution < -0.4 is 5.69 Å². The van der Waals surface area contributed by atoms with Crippen LogP contribution in [0.2, 0.25) is 10.0 Å². The lowest BCUT2D eigenvalue weighted by molar-refractivity contribution is 0.150. The summed E-state index contributed by atoms with van der Waals surface area (Å²) in [6, 6.07) is 14.2. The van der Waals surface area contributed by atoms with Gasteiger partial charge in [-0.25, -0.2) is 9.48 Å². The Morgan fingerprint density at radius 1 is 1.00 bits per heavy atom. The van der Waals surface area contributed by atoms with E-state index in [9.17, 15) is 9.90 Å². The van der Waals surface area contributed by atoms with Gasteiger partial charge >= 0.3 is 5.69 Å². The summed E-state index contributed by atoms with van der Waals surface area (Å²) < 4.78 is 2.48. The normalized spacial score (nSPS) is 14.7. The van der Waals surface area contributed by atoms with E-state index in [-0.39, 0.29) is 6.54 Å². The van der Waals surface area contributed by atoms with E-state index in [1.165, 1.54) is 9.20 Å². The topological polar surface area (TPSA) is 72.4 Å². The SMILES string of the molecule is O=c1n(C[C@H](O)c2cccc(Cl)c2)nc2c(-c3ccc(Cl)cc3)c(C3=CC=C(Cl)CC3)cnn12. The Bertz CT molecular complexity index is 1500. The van der Waals surface area contributed by atoms with Crippen LogP contribution in [0.4, 0.5) is 0 Å². The van der Waals surface area contributed by atoms with E-state index in [4.69, 9.17) is 34.8 Å². The van der Waals surface area contributed by atoms with Crippen LogP contribution in [0.15, 0.2) is 76.7 Å². The Balaban J connectivity index is 1.66. The highest BCUT2D eigenvalue weighted by molar-refractivity contribution is 6.31. The second kappa shape index (κ2) is 9.39. The zero-order chi connectivity index (χ0) is 23.8. The van der Waals surface area contributed by atoms with Gasteiger partial charge in [-0.2, -0.15) is 9.61 Å². The summed E-state index contributed by atoms with van der Waals surface area (Å²) in [5, 5.41) is 21.6. The molecule has 0 fully saturated rings. The monoisotopic (exact) mass is 512 g/mol. The molecule has 2 heterocycles. The third-order valence-corrected chi connectivity index (χ3v) is 6.57. The zero-order valence-corrected chi connectivity index (χ0v) is 20.1. The molecule has 0 unspecified atom stereocenters. The number of benzene rings is 2. The van der Waals surface area contributed by atoms with Crippen molar-refractivity contribution in [1.82, 2.24) is 19.4 Å². The number of aliphatic hydroxyl groups excluding tert-OH is 1. The van der Waals surface area contributed by atoms with Crippen LogP contribution in [0.5, 0.6) is 0 Å². The van der Waals surface area contributed by atoms with Crippen molar-refractivity contribution in [2.24, 2.45) is 0 Å². The minimum absolute atomic E-state index is 0.0427. The van der Waals surface area contributed by atoms with Crippen LogP contribution in [0.3, 0.4) is 0 Å². The molecule has 0 radical (unpaired) electrons. The molecular formula is C25H19Cl3N4O2. The van der Waals surface area contributed by atoms with E-state index in [0.717, 1.165) is 40.1 Å². The smallest absolute Gasteiger partial charge is 0.367 e. The lowest BCUT2D eigenvalue weighted by Gasteiger charge is -2.15. The Hall–Kier alpha value is -2.90. The Morgan fingerprint density at radius 2 is 1.79 bits per heavy atom. The first-order valence-electron chi connectivity index (χ1n) is 10.6. The van der Waals surface area contributed by atoms with Gasteiger partial charge in [0, 0.05) is 26.2 Å². The lowest BCUT2D eigenvalue weighted by atomic mass is 9.92. The predicted octanol–water partition coefficient (Wildman–Crippen LogP) is 5.90. The molecule has 1 N–H and O–H groups in total. The first kappa shape index (κ1) is 22.9. The summed E-state index contributed by atoms with van der Waals surface area (Å²) in [5.74, 6) is 0. The van der Waals surface area contributed by atoms with Gasteiger partial charge in [-0.15, -0.1) is 5.10 Å². The molecule has 1 aliphatic carbocycles. The summed E-state index contributed by atoms with van der Waals surface area (Å²) in [4.78, 5) is 13.1. The number of hydrogen-bond donors (Lipinski definition) is 1. The molecule has 0 amide bonds. The van der Waals surface area contributed by atoms with Gasteiger partial charge in [0.2, 0.25) is 0 Å². The summed E-state index contributed by atoms with van der Waals surface area (Å²) in [6.45, 7) is -0.0427. The van der Waals surface area contributed by atoms with E-state index in [0.29, 0.717) is 21.3 Å². The van der Waals surface area contributed by atoms with Gasteiger partial charge in [0.1, 0.15) is 0 Å². The highest BCUT2D eigenvalue weighted by atomic mass is 35.5. The van der Waals surface area contributed by atoms with E-state index in [1.807, 2.05) is 24.3 Å². The van der Waals surface area contributed by atoms with E-state index in [2.05, 4.69) is 10.2 Å². The molecule has 1 atom stereocenters. The maximum Gasteiger partial charge on any atom is 0.367 e. The Labute approximate surface area is 210 Å². The molecule has 6 nitrogen and oxygen atoms in total. The van der Waals surface area contributed by atoms with Crippen molar-refractivity contribution < 1.29 is 5.11 Å². The number of rotatable bonds is 5. The first-order valence-corrected chi connectivity index (χ1v) is 11.8. The van der Waals surface area contributed by atoms with Crippen LogP contribution >= 0.6 is 34.8 Å². The van der Waals surface area contributed by atoms with Gasteiger partial charge in [0.15, 0.2) is 5.65 Å². The molecule has 1 aliphatic rings. The van der Waals surface area contributed by atoms with Gasteiger partial charge in [-0.05, 0) is 59.9 Å². The minimum Gasteiger partial charge on any atom is -0.386 e. The Kier molecular flexibility index (Phi) is 6.32. The molecule has 5 rings (SSSR count). The quantitative estimate of drug-likeness (QED) is 0.361. The molecule has 34 heavy (non-hydrogen) atoms. The largest absolute Gasteiger partial charge is 0.386 e. The van der Waals surface area contributed by atoms with Crippen LogP contribution in [-0.4, -0.2) is 24.5 Å². The molecule has 9 heteroatoms. The second-order valence-electron chi connectivity index (χ2n) is 8.02. The first-order chi connectivity index (χ1) is 16.4. The van der Waals surface area contributed by atoms with Crippen molar-refractivity contribution >= 4 is 46.0 Å². The number of aromatic nitrogens is 4. The molecule has 2 aromatic carbocycles. The van der Waals surface area contributed by atoms with Crippen LogP contribution in [0.1, 0.15) is 30.1 Å². The fourth-order valence-corrected chi connectivity index (χ4v) is 4.52. The molecule has 4 aromatic rings. The van der Waals surface area contributed by atoms with Crippen molar-refractivity contribution in [2.45, 2.75) is 25.5 Å². The number of aliphatic hydroxyl groups is 1. The Morgan fingerprint density at radius 3 is 2.50 bits per heavy atom. The zero-order valence-electron chi connectivity index (χ0n) is 17.8. The highest BCUT2D eigenvalue weighted by Crippen LogP contribution is 2.36. The van der Waals surface area contributed by atoms with E-state index >= 15 is 0 Å². The number of hydrogen-bond acceptors (Lipinski definition) is 4. The summed E-state index contributed by atoms with van der Waals surface area (Å²) >= 11 is 18.3. The summed E-state index contributed by atoms with van der Waals surface area (Å²) in [6.07, 6.45) is 6.03. The maximum absolute atomic E-state index is 13.1. The van der Waals surface area contributed by atoms with Crippen molar-refractivity contribution in [3.8, 4) is 11.1 Å². The van der Waals surface area contributed by atoms with Crippen LogP contribution in [0.25, 0.3) is 22.3 Å². The molecule has 0 saturated carbocycles. The lowest BCUT2D eigenvalue weighted by Crippen LogP contribution is -2.25. The van der Waals surface area contributed by atoms with Crippen molar-refractivity contribution in [2.75, 3.05) is 0 Å². The minimum atomic E-state index is -0.965. The maximum atomic E-state index is 13.1. The van der Waals surface area contributed by atoms with Crippen molar-refractivity contribution in [3.05, 3.63) is 104 Å². The average Bonchev–Trinajstić information content (AvgIpc) is 3.15. The molecule has 2 aromatic heterocycles. The number of allylic oxidation sites excluding steroid dienone is 4. The average molecular weight is 514 g/mol. The van der Waals surface area contributed by atoms with Gasteiger partial charge in [-0.3, -0.25) is 0 Å². The molecule has 0 aliphatic heterocycles.